The molecule has 4 unspecified atom stereocenters. The fourth-order valence-corrected chi connectivity index (χ4v) is 9.57. The standard InChI is InChI=1S/C26H44O5/c1-5-16-18-12-15(27)8-10-25(18,3)17-9-11-26(4)19(22(17)24(16)31)13-20(28)23(26)14(2)6-7-21(29)30/h14-20,22-24,27-28,31H,5-13H2,1-4H3,(H,29,30)/t14-,15-,16-,17?,18+,19?,20+,22?,23?,24-,25-,26+/m1/s1. The van der Waals surface area contributed by atoms with Crippen LogP contribution in [0.4, 0.5) is 0 Å². The van der Waals surface area contributed by atoms with Crippen LogP contribution in [0.3, 0.4) is 0 Å². The summed E-state index contributed by atoms with van der Waals surface area (Å²) in [5.74, 6) is 1.01. The maximum Gasteiger partial charge on any atom is 0.303 e. The minimum Gasteiger partial charge on any atom is -0.481 e. The van der Waals surface area contributed by atoms with Crippen LogP contribution in [0, 0.1) is 52.3 Å². The van der Waals surface area contributed by atoms with E-state index < -0.39 is 12.1 Å². The molecule has 0 heterocycles. The SMILES string of the molecule is CC[C@H]1[C@@H](O)C2C3C[C@H](O)C([C@H](C)CCC(=O)O)[C@@]3(C)CCC2[C@@]2(C)CC[C@@H](O)C[C@@H]12. The first-order valence-electron chi connectivity index (χ1n) is 12.8. The van der Waals surface area contributed by atoms with Crippen molar-refractivity contribution in [3.8, 4) is 0 Å². The van der Waals surface area contributed by atoms with Gasteiger partial charge in [-0.2, -0.15) is 0 Å². The smallest absolute Gasteiger partial charge is 0.303 e. The molecule has 5 heteroatoms. The van der Waals surface area contributed by atoms with Crippen molar-refractivity contribution < 1.29 is 25.2 Å². The summed E-state index contributed by atoms with van der Waals surface area (Å²) < 4.78 is 0. The van der Waals surface area contributed by atoms with Gasteiger partial charge in [-0.3, -0.25) is 4.79 Å². The van der Waals surface area contributed by atoms with Crippen molar-refractivity contribution in [2.45, 2.75) is 104 Å². The van der Waals surface area contributed by atoms with E-state index in [2.05, 4.69) is 27.7 Å². The largest absolute Gasteiger partial charge is 0.481 e. The highest BCUT2D eigenvalue weighted by atomic mass is 16.4. The van der Waals surface area contributed by atoms with Gasteiger partial charge in [-0.25, -0.2) is 0 Å². The van der Waals surface area contributed by atoms with Crippen LogP contribution >= 0.6 is 0 Å². The highest BCUT2D eigenvalue weighted by molar-refractivity contribution is 5.66. The second kappa shape index (κ2) is 8.29. The van der Waals surface area contributed by atoms with Crippen molar-refractivity contribution in [1.82, 2.24) is 0 Å². The minimum atomic E-state index is -0.767. The van der Waals surface area contributed by atoms with E-state index in [9.17, 15) is 20.1 Å². The van der Waals surface area contributed by atoms with E-state index in [-0.39, 0.29) is 59.0 Å². The van der Waals surface area contributed by atoms with Gasteiger partial charge in [-0.1, -0.05) is 34.1 Å². The second-order valence-electron chi connectivity index (χ2n) is 12.2. The Morgan fingerprint density at radius 3 is 2.32 bits per heavy atom. The molecular weight excluding hydrogens is 392 g/mol. The number of hydrogen-bond donors (Lipinski definition) is 4. The van der Waals surface area contributed by atoms with Crippen LogP contribution in [0.1, 0.15) is 85.5 Å². The average Bonchev–Trinajstić information content (AvgIpc) is 2.98. The maximum atomic E-state index is 11.7. The fourth-order valence-electron chi connectivity index (χ4n) is 9.57. The lowest BCUT2D eigenvalue weighted by Crippen LogP contribution is -2.62. The lowest BCUT2D eigenvalue weighted by atomic mass is 9.41. The average molecular weight is 437 g/mol. The summed E-state index contributed by atoms with van der Waals surface area (Å²) in [5, 5.41) is 42.5. The van der Waals surface area contributed by atoms with E-state index in [1.54, 1.807) is 0 Å². The summed E-state index contributed by atoms with van der Waals surface area (Å²) in [4.78, 5) is 11.1. The van der Waals surface area contributed by atoms with Gasteiger partial charge in [0.15, 0.2) is 0 Å². The van der Waals surface area contributed by atoms with Crippen LogP contribution in [-0.2, 0) is 4.79 Å². The number of fused-ring (bicyclic) bond motifs is 5. The molecule has 4 saturated carbocycles. The monoisotopic (exact) mass is 436 g/mol. The third-order valence-electron chi connectivity index (χ3n) is 10.9. The van der Waals surface area contributed by atoms with Crippen molar-refractivity contribution in [2.24, 2.45) is 52.3 Å². The number of aliphatic hydroxyl groups excluding tert-OH is 3. The number of carbonyl (C=O) groups is 1. The normalized spacial score (nSPS) is 52.7. The lowest BCUT2D eigenvalue weighted by Gasteiger charge is -2.64. The maximum absolute atomic E-state index is 11.7. The van der Waals surface area contributed by atoms with Gasteiger partial charge < -0.3 is 20.4 Å². The molecule has 0 aromatic heterocycles. The Hall–Kier alpha value is -0.650. The molecule has 0 spiro atoms. The predicted octanol–water partition coefficient (Wildman–Crippen LogP) is 4.08. The Balaban J connectivity index is 1.65. The Morgan fingerprint density at radius 2 is 1.68 bits per heavy atom. The van der Waals surface area contributed by atoms with Crippen LogP contribution in [0.15, 0.2) is 0 Å². The Kier molecular flexibility index (Phi) is 6.28. The van der Waals surface area contributed by atoms with E-state index in [4.69, 9.17) is 5.11 Å². The zero-order chi connectivity index (χ0) is 22.7. The highest BCUT2D eigenvalue weighted by Crippen LogP contribution is 2.69. The van der Waals surface area contributed by atoms with Gasteiger partial charge in [-0.05, 0) is 97.2 Å². The summed E-state index contributed by atoms with van der Waals surface area (Å²) >= 11 is 0. The van der Waals surface area contributed by atoms with Crippen molar-refractivity contribution in [1.29, 1.82) is 0 Å². The van der Waals surface area contributed by atoms with E-state index in [1.807, 2.05) is 0 Å². The Bertz CT molecular complexity index is 681. The van der Waals surface area contributed by atoms with Crippen molar-refractivity contribution in [3.63, 3.8) is 0 Å². The number of carboxylic acids is 1. The molecular formula is C26H44O5. The summed E-state index contributed by atoms with van der Waals surface area (Å²) in [6, 6.07) is 0. The number of aliphatic hydroxyl groups is 3. The van der Waals surface area contributed by atoms with Gasteiger partial charge >= 0.3 is 5.97 Å². The second-order valence-corrected chi connectivity index (χ2v) is 12.2. The zero-order valence-electron chi connectivity index (χ0n) is 19.8. The van der Waals surface area contributed by atoms with Crippen LogP contribution in [-0.4, -0.2) is 44.7 Å². The molecule has 178 valence electrons. The molecule has 4 aliphatic rings. The molecule has 0 aromatic carbocycles. The molecule has 31 heavy (non-hydrogen) atoms. The molecule has 4 aliphatic carbocycles. The molecule has 0 aromatic rings. The number of hydrogen-bond acceptors (Lipinski definition) is 4. The topological polar surface area (TPSA) is 98.0 Å². The quantitative estimate of drug-likeness (QED) is 0.520. The predicted molar refractivity (Wildman–Crippen MR) is 119 cm³/mol. The molecule has 4 N–H and O–H groups in total. The Labute approximate surface area is 187 Å². The first-order chi connectivity index (χ1) is 14.5. The number of aliphatic carboxylic acids is 1. The van der Waals surface area contributed by atoms with Gasteiger partial charge in [0.1, 0.15) is 0 Å². The highest BCUT2D eigenvalue weighted by Gasteiger charge is 2.66. The molecule has 0 aliphatic heterocycles. The van der Waals surface area contributed by atoms with E-state index in [0.717, 1.165) is 44.9 Å². The molecule has 0 bridgehead atoms. The molecule has 4 rings (SSSR count). The lowest BCUT2D eigenvalue weighted by molar-refractivity contribution is -0.203. The number of carboxylic acid groups (broad SMARTS) is 1. The number of rotatable bonds is 5. The third-order valence-corrected chi connectivity index (χ3v) is 10.9. The van der Waals surface area contributed by atoms with Crippen LogP contribution < -0.4 is 0 Å². The minimum absolute atomic E-state index is 0.0465. The van der Waals surface area contributed by atoms with E-state index in [0.29, 0.717) is 18.3 Å². The Morgan fingerprint density at radius 1 is 1.00 bits per heavy atom. The third kappa shape index (κ3) is 3.58. The molecule has 12 atom stereocenters. The molecule has 0 amide bonds. The van der Waals surface area contributed by atoms with Gasteiger partial charge in [0.25, 0.3) is 0 Å². The first kappa shape index (κ1) is 23.5. The van der Waals surface area contributed by atoms with Crippen molar-refractivity contribution in [2.75, 3.05) is 0 Å². The molecule has 4 fully saturated rings. The van der Waals surface area contributed by atoms with Crippen LogP contribution in [0.25, 0.3) is 0 Å². The molecule has 0 radical (unpaired) electrons. The zero-order valence-corrected chi connectivity index (χ0v) is 19.8. The first-order valence-corrected chi connectivity index (χ1v) is 12.8. The summed E-state index contributed by atoms with van der Waals surface area (Å²) in [6.07, 6.45) is 6.23. The van der Waals surface area contributed by atoms with Crippen molar-refractivity contribution in [3.05, 3.63) is 0 Å². The summed E-state index contributed by atoms with van der Waals surface area (Å²) in [5.41, 5.74) is 0.109. The van der Waals surface area contributed by atoms with Gasteiger partial charge in [0, 0.05) is 6.42 Å². The van der Waals surface area contributed by atoms with Gasteiger partial charge in [0.05, 0.1) is 18.3 Å². The summed E-state index contributed by atoms with van der Waals surface area (Å²) in [6.45, 7) is 9.04. The fraction of sp³-hybridized carbons (Fsp3) is 0.962. The molecule has 5 nitrogen and oxygen atoms in total. The van der Waals surface area contributed by atoms with Gasteiger partial charge in [-0.15, -0.1) is 0 Å². The van der Waals surface area contributed by atoms with Gasteiger partial charge in [0.2, 0.25) is 0 Å². The van der Waals surface area contributed by atoms with Crippen LogP contribution in [0.5, 0.6) is 0 Å². The van der Waals surface area contributed by atoms with Crippen molar-refractivity contribution >= 4 is 5.97 Å². The summed E-state index contributed by atoms with van der Waals surface area (Å²) in [7, 11) is 0. The van der Waals surface area contributed by atoms with Crippen LogP contribution in [0.2, 0.25) is 0 Å². The molecule has 0 saturated heterocycles. The van der Waals surface area contributed by atoms with E-state index >= 15 is 0 Å². The van der Waals surface area contributed by atoms with E-state index in [1.165, 1.54) is 0 Å².